The molecule has 184 valence electrons. The van der Waals surface area contributed by atoms with Crippen LogP contribution in [0.15, 0.2) is 48.5 Å². The molecule has 2 aromatic rings. The van der Waals surface area contributed by atoms with Crippen LogP contribution in [0.1, 0.15) is 62.5 Å². The summed E-state index contributed by atoms with van der Waals surface area (Å²) in [6.45, 7) is 2.67. The smallest absolute Gasteiger partial charge is 0.407 e. The maximum Gasteiger partial charge on any atom is 0.407 e. The predicted molar refractivity (Wildman–Crippen MR) is 131 cm³/mol. The van der Waals surface area contributed by atoms with Crippen molar-refractivity contribution in [3.63, 3.8) is 0 Å². The molecule has 3 atom stereocenters. The highest BCUT2D eigenvalue weighted by Crippen LogP contribution is 2.54. The van der Waals surface area contributed by atoms with Gasteiger partial charge in [-0.3, -0.25) is 4.79 Å². The highest BCUT2D eigenvalue weighted by atomic mass is 16.5. The Morgan fingerprint density at radius 1 is 1.11 bits per heavy atom. The minimum Gasteiger partial charge on any atom is -0.479 e. The topological polar surface area (TPSA) is 95.9 Å². The van der Waals surface area contributed by atoms with Crippen molar-refractivity contribution < 1.29 is 24.2 Å². The van der Waals surface area contributed by atoms with Crippen LogP contribution in [-0.4, -0.2) is 52.7 Å². The highest BCUT2D eigenvalue weighted by Gasteiger charge is 2.66. The zero-order valence-corrected chi connectivity index (χ0v) is 20.0. The first-order valence-electron chi connectivity index (χ1n) is 12.6. The quantitative estimate of drug-likeness (QED) is 0.583. The average molecular weight is 477 g/mol. The number of nitrogens with one attached hydrogen (secondary N) is 1. The van der Waals surface area contributed by atoms with Gasteiger partial charge in [0.15, 0.2) is 0 Å². The van der Waals surface area contributed by atoms with E-state index in [0.717, 1.165) is 30.4 Å². The number of carboxylic acids is 1. The number of alkyl carbamates (subject to hydrolysis) is 1. The minimum absolute atomic E-state index is 0.0324. The maximum absolute atomic E-state index is 13.1. The second kappa shape index (κ2) is 9.36. The first-order valence-corrected chi connectivity index (χ1v) is 12.6. The first-order chi connectivity index (χ1) is 17.0. The van der Waals surface area contributed by atoms with Crippen molar-refractivity contribution in [2.24, 2.45) is 5.92 Å². The van der Waals surface area contributed by atoms with E-state index in [1.165, 1.54) is 11.1 Å². The molecule has 1 heterocycles. The van der Waals surface area contributed by atoms with Crippen molar-refractivity contribution in [1.29, 1.82) is 0 Å². The summed E-state index contributed by atoms with van der Waals surface area (Å²) < 4.78 is 5.66. The fraction of sp³-hybridized carbons (Fsp3) is 0.464. The Morgan fingerprint density at radius 3 is 2.40 bits per heavy atom. The van der Waals surface area contributed by atoms with Gasteiger partial charge in [0.05, 0.1) is 0 Å². The molecule has 2 amide bonds. The van der Waals surface area contributed by atoms with Crippen molar-refractivity contribution in [2.45, 2.75) is 62.9 Å². The Bertz CT molecular complexity index is 1100. The number of amides is 2. The number of likely N-dealkylation sites (tertiary alicyclic amines) is 1. The van der Waals surface area contributed by atoms with Crippen molar-refractivity contribution in [2.75, 3.05) is 13.2 Å². The Kier molecular flexibility index (Phi) is 6.26. The second-order valence-corrected chi connectivity index (χ2v) is 9.98. The zero-order chi connectivity index (χ0) is 24.6. The number of carbonyl (C=O) groups excluding carboxylic acids is 2. The lowest BCUT2D eigenvalue weighted by Gasteiger charge is -2.34. The van der Waals surface area contributed by atoms with Crippen molar-refractivity contribution in [3.05, 3.63) is 59.7 Å². The largest absolute Gasteiger partial charge is 0.479 e. The van der Waals surface area contributed by atoms with Crippen LogP contribution in [0.3, 0.4) is 0 Å². The summed E-state index contributed by atoms with van der Waals surface area (Å²) in [6, 6.07) is 15.9. The first kappa shape index (κ1) is 23.4. The summed E-state index contributed by atoms with van der Waals surface area (Å²) in [4.78, 5) is 39.4. The number of carboxylic acid groups (broad SMARTS) is 1. The number of aliphatic carboxylic acids is 1. The number of hydrogen-bond acceptors (Lipinski definition) is 4. The average Bonchev–Trinajstić information content (AvgIpc) is 3.54. The summed E-state index contributed by atoms with van der Waals surface area (Å²) in [5.41, 5.74) is 3.59. The van der Waals surface area contributed by atoms with Gasteiger partial charge in [-0.05, 0) is 53.9 Å². The minimum atomic E-state index is -1.03. The van der Waals surface area contributed by atoms with Crippen LogP contribution in [-0.2, 0) is 14.3 Å². The lowest BCUT2D eigenvalue weighted by atomic mass is 9.98. The molecule has 2 fully saturated rings. The van der Waals surface area contributed by atoms with Crippen molar-refractivity contribution in [3.8, 4) is 11.1 Å². The number of nitrogens with zero attached hydrogens (tertiary/aromatic N) is 1. The fourth-order valence-electron chi connectivity index (χ4n) is 6.11. The molecule has 7 heteroatoms. The Balaban J connectivity index is 1.22. The maximum atomic E-state index is 13.1. The number of piperidine rings is 1. The number of hydrogen-bond donors (Lipinski definition) is 2. The molecule has 1 saturated carbocycles. The Morgan fingerprint density at radius 2 is 1.77 bits per heavy atom. The summed E-state index contributed by atoms with van der Waals surface area (Å²) in [7, 11) is 0. The van der Waals surface area contributed by atoms with Crippen LogP contribution in [0.4, 0.5) is 4.79 Å². The Hall–Kier alpha value is -3.35. The van der Waals surface area contributed by atoms with Gasteiger partial charge in [0.25, 0.3) is 0 Å². The molecule has 0 radical (unpaired) electrons. The van der Waals surface area contributed by atoms with Gasteiger partial charge in [0.2, 0.25) is 5.91 Å². The number of carbonyl (C=O) groups is 3. The van der Waals surface area contributed by atoms with E-state index in [2.05, 4.69) is 29.6 Å². The van der Waals surface area contributed by atoms with Gasteiger partial charge in [-0.2, -0.15) is 0 Å². The van der Waals surface area contributed by atoms with Crippen molar-refractivity contribution in [1.82, 2.24) is 10.2 Å². The number of rotatable bonds is 8. The Labute approximate surface area is 205 Å². The second-order valence-electron chi connectivity index (χ2n) is 9.98. The van der Waals surface area contributed by atoms with Crippen LogP contribution in [0.2, 0.25) is 0 Å². The van der Waals surface area contributed by atoms with Crippen LogP contribution in [0.5, 0.6) is 0 Å². The summed E-state index contributed by atoms with van der Waals surface area (Å²) in [6.07, 6.45) is 3.15. The molecule has 5 rings (SSSR count). The van der Waals surface area contributed by atoms with Crippen LogP contribution in [0.25, 0.3) is 11.1 Å². The molecule has 3 aliphatic rings. The van der Waals surface area contributed by atoms with Gasteiger partial charge in [0.1, 0.15) is 12.1 Å². The third kappa shape index (κ3) is 4.17. The molecule has 2 aliphatic carbocycles. The monoisotopic (exact) mass is 476 g/mol. The van der Waals surface area contributed by atoms with E-state index in [1.54, 1.807) is 4.90 Å². The molecule has 2 N–H and O–H groups in total. The van der Waals surface area contributed by atoms with Crippen LogP contribution < -0.4 is 5.32 Å². The van der Waals surface area contributed by atoms with Gasteiger partial charge in [0, 0.05) is 24.9 Å². The van der Waals surface area contributed by atoms with Gasteiger partial charge in [-0.15, -0.1) is 0 Å². The molecule has 3 unspecified atom stereocenters. The van der Waals surface area contributed by atoms with E-state index >= 15 is 0 Å². The third-order valence-electron chi connectivity index (χ3n) is 7.88. The zero-order valence-electron chi connectivity index (χ0n) is 20.0. The molecule has 0 aromatic heterocycles. The van der Waals surface area contributed by atoms with Gasteiger partial charge < -0.3 is 20.1 Å². The SMILES string of the molecule is CCCC(CC(=O)N1CCCC2CC21C(=O)O)NC(=O)OCC1c2ccccc2-c2ccccc21. The summed E-state index contributed by atoms with van der Waals surface area (Å²) in [5.74, 6) is -1.09. The molecule has 35 heavy (non-hydrogen) atoms. The van der Waals surface area contributed by atoms with Crippen molar-refractivity contribution >= 4 is 18.0 Å². The molecule has 7 nitrogen and oxygen atoms in total. The number of fused-ring (bicyclic) bond motifs is 4. The number of ether oxygens (including phenoxy) is 1. The van der Waals surface area contributed by atoms with Crippen LogP contribution >= 0.6 is 0 Å². The van der Waals surface area contributed by atoms with E-state index < -0.39 is 23.6 Å². The standard InChI is InChI=1S/C28H32N2O5/c1-2-8-19(15-25(31)30-14-7-9-18-16-28(18,30)26(32)33)29-27(34)35-17-24-22-12-5-3-10-20(22)21-11-4-6-13-23(21)24/h3-6,10-13,18-19,24H,2,7-9,14-17H2,1H3,(H,29,34)(H,32,33). The summed E-state index contributed by atoms with van der Waals surface area (Å²) in [5, 5.41) is 12.6. The van der Waals surface area contributed by atoms with Crippen LogP contribution in [0, 0.1) is 5.92 Å². The van der Waals surface area contributed by atoms with E-state index in [0.29, 0.717) is 19.4 Å². The molecule has 1 saturated heterocycles. The van der Waals surface area contributed by atoms with E-state index in [1.807, 2.05) is 31.2 Å². The number of benzene rings is 2. The van der Waals surface area contributed by atoms with E-state index in [9.17, 15) is 19.5 Å². The molecule has 0 bridgehead atoms. The van der Waals surface area contributed by atoms with E-state index in [-0.39, 0.29) is 30.8 Å². The molecular weight excluding hydrogens is 444 g/mol. The molecule has 0 spiro atoms. The molecular formula is C28H32N2O5. The lowest BCUT2D eigenvalue weighted by Crippen LogP contribution is -2.52. The van der Waals surface area contributed by atoms with Gasteiger partial charge in [-0.25, -0.2) is 9.59 Å². The fourth-order valence-corrected chi connectivity index (χ4v) is 6.11. The summed E-state index contributed by atoms with van der Waals surface area (Å²) >= 11 is 0. The molecule has 1 aliphatic heterocycles. The molecule has 2 aromatic carbocycles. The predicted octanol–water partition coefficient (Wildman–Crippen LogP) is 4.55. The van der Waals surface area contributed by atoms with E-state index in [4.69, 9.17) is 4.74 Å². The lowest BCUT2D eigenvalue weighted by molar-refractivity contribution is -0.154. The highest BCUT2D eigenvalue weighted by molar-refractivity contribution is 5.91. The third-order valence-corrected chi connectivity index (χ3v) is 7.88. The normalized spacial score (nSPS) is 23.0. The van der Waals surface area contributed by atoms with Gasteiger partial charge in [-0.1, -0.05) is 61.9 Å². The van der Waals surface area contributed by atoms with Gasteiger partial charge >= 0.3 is 12.1 Å².